The molecule has 0 amide bonds. The van der Waals surface area contributed by atoms with Gasteiger partial charge in [0.05, 0.1) is 5.52 Å². The van der Waals surface area contributed by atoms with E-state index in [1.807, 2.05) is 25.1 Å². The third-order valence-corrected chi connectivity index (χ3v) is 2.06. The number of rotatable bonds is 1. The molecule has 0 aliphatic heterocycles. The molecule has 2 aromatic rings. The lowest BCUT2D eigenvalue weighted by molar-refractivity contribution is 0.112. The van der Waals surface area contributed by atoms with Crippen molar-refractivity contribution in [1.82, 2.24) is 4.98 Å². The fourth-order valence-corrected chi connectivity index (χ4v) is 1.38. The summed E-state index contributed by atoms with van der Waals surface area (Å²) in [5.41, 5.74) is 2.72. The highest BCUT2D eigenvalue weighted by atomic mass is 16.1. The summed E-state index contributed by atoms with van der Waals surface area (Å²) in [4.78, 5) is 14.9. The van der Waals surface area contributed by atoms with Gasteiger partial charge in [0.1, 0.15) is 0 Å². The Kier molecular flexibility index (Phi) is 1.81. The van der Waals surface area contributed by atoms with Gasteiger partial charge in [0.2, 0.25) is 0 Å². The highest BCUT2D eigenvalue weighted by molar-refractivity contribution is 5.96. The Balaban J connectivity index is 2.86. The van der Waals surface area contributed by atoms with E-state index in [-0.39, 0.29) is 0 Å². The third-order valence-electron chi connectivity index (χ3n) is 2.06. The fourth-order valence-electron chi connectivity index (χ4n) is 1.38. The molecule has 0 N–H and O–H groups in total. The zero-order chi connectivity index (χ0) is 9.26. The van der Waals surface area contributed by atoms with E-state index < -0.39 is 0 Å². The lowest BCUT2D eigenvalue weighted by Gasteiger charge is -2.00. The molecule has 13 heavy (non-hydrogen) atoms. The molecule has 0 fully saturated rings. The Labute approximate surface area is 76.2 Å². The van der Waals surface area contributed by atoms with E-state index in [9.17, 15) is 4.79 Å². The first kappa shape index (κ1) is 7.92. The van der Waals surface area contributed by atoms with Crippen LogP contribution in [0.5, 0.6) is 0 Å². The maximum absolute atomic E-state index is 10.7. The van der Waals surface area contributed by atoms with Crippen LogP contribution >= 0.6 is 0 Å². The second-order valence-corrected chi connectivity index (χ2v) is 3.04. The van der Waals surface area contributed by atoms with Gasteiger partial charge in [-0.05, 0) is 25.1 Å². The Morgan fingerprint density at radius 3 is 2.92 bits per heavy atom. The normalized spacial score (nSPS) is 10.2. The number of aryl methyl sites for hydroxylation is 1. The molecular weight excluding hydrogens is 162 g/mol. The molecule has 0 saturated heterocycles. The summed E-state index contributed by atoms with van der Waals surface area (Å²) in [7, 11) is 0. The monoisotopic (exact) mass is 171 g/mol. The average molecular weight is 171 g/mol. The molecule has 0 aliphatic rings. The van der Waals surface area contributed by atoms with Gasteiger partial charge in [0, 0.05) is 17.1 Å². The molecular formula is C11H9NO. The van der Waals surface area contributed by atoms with Gasteiger partial charge in [-0.2, -0.15) is 0 Å². The van der Waals surface area contributed by atoms with Crippen LogP contribution in [0.2, 0.25) is 0 Å². The predicted octanol–water partition coefficient (Wildman–Crippen LogP) is 2.36. The molecule has 0 radical (unpaired) electrons. The fraction of sp³-hybridized carbons (Fsp3) is 0.0909. The molecule has 1 heterocycles. The maximum Gasteiger partial charge on any atom is 0.150 e. The summed E-state index contributed by atoms with van der Waals surface area (Å²) in [6.07, 6.45) is 2.52. The molecule has 0 saturated carbocycles. The number of pyridine rings is 1. The van der Waals surface area contributed by atoms with E-state index in [0.29, 0.717) is 5.56 Å². The van der Waals surface area contributed by atoms with Gasteiger partial charge in [0.15, 0.2) is 6.29 Å². The molecule has 0 spiro atoms. The van der Waals surface area contributed by atoms with Crippen molar-refractivity contribution >= 4 is 17.2 Å². The predicted molar refractivity (Wildman–Crippen MR) is 51.9 cm³/mol. The third kappa shape index (κ3) is 1.31. The van der Waals surface area contributed by atoms with Crippen LogP contribution in [-0.4, -0.2) is 11.3 Å². The molecule has 2 rings (SSSR count). The van der Waals surface area contributed by atoms with Gasteiger partial charge in [-0.3, -0.25) is 9.78 Å². The van der Waals surface area contributed by atoms with E-state index in [0.717, 1.165) is 22.8 Å². The summed E-state index contributed by atoms with van der Waals surface area (Å²) < 4.78 is 0. The van der Waals surface area contributed by atoms with Crippen LogP contribution in [0.15, 0.2) is 30.5 Å². The SMILES string of the molecule is Cc1ccc2nccc(C=O)c2c1. The molecule has 2 heteroatoms. The van der Waals surface area contributed by atoms with Gasteiger partial charge in [0.25, 0.3) is 0 Å². The smallest absolute Gasteiger partial charge is 0.150 e. The van der Waals surface area contributed by atoms with Crippen LogP contribution in [0.4, 0.5) is 0 Å². The van der Waals surface area contributed by atoms with Crippen molar-refractivity contribution < 1.29 is 4.79 Å². The van der Waals surface area contributed by atoms with E-state index in [1.165, 1.54) is 0 Å². The van der Waals surface area contributed by atoms with Crippen molar-refractivity contribution in [3.05, 3.63) is 41.6 Å². The minimum absolute atomic E-state index is 0.703. The zero-order valence-corrected chi connectivity index (χ0v) is 7.32. The average Bonchev–Trinajstić information content (AvgIpc) is 2.17. The second kappa shape index (κ2) is 2.98. The highest BCUT2D eigenvalue weighted by Crippen LogP contribution is 2.16. The first-order valence-electron chi connectivity index (χ1n) is 4.12. The summed E-state index contributed by atoms with van der Waals surface area (Å²) in [5, 5.41) is 0.928. The van der Waals surface area contributed by atoms with Crippen LogP contribution in [0.25, 0.3) is 10.9 Å². The second-order valence-electron chi connectivity index (χ2n) is 3.04. The number of carbonyl (C=O) groups is 1. The maximum atomic E-state index is 10.7. The van der Waals surface area contributed by atoms with Gasteiger partial charge in [-0.25, -0.2) is 0 Å². The van der Waals surface area contributed by atoms with Gasteiger partial charge in [-0.1, -0.05) is 11.6 Å². The van der Waals surface area contributed by atoms with E-state index in [4.69, 9.17) is 0 Å². The minimum Gasteiger partial charge on any atom is -0.298 e. The number of carbonyl (C=O) groups excluding carboxylic acids is 1. The zero-order valence-electron chi connectivity index (χ0n) is 7.32. The van der Waals surface area contributed by atoms with Crippen LogP contribution in [0, 0.1) is 6.92 Å². The molecule has 1 aromatic carbocycles. The molecule has 0 atom stereocenters. The summed E-state index contributed by atoms with van der Waals surface area (Å²) in [5.74, 6) is 0. The standard InChI is InChI=1S/C11H9NO/c1-8-2-3-11-10(6-8)9(7-13)4-5-12-11/h2-7H,1H3. The molecule has 2 nitrogen and oxygen atoms in total. The van der Waals surface area contributed by atoms with Gasteiger partial charge < -0.3 is 0 Å². The molecule has 0 unspecified atom stereocenters. The molecule has 0 bridgehead atoms. The summed E-state index contributed by atoms with van der Waals surface area (Å²) in [6, 6.07) is 7.63. The van der Waals surface area contributed by atoms with E-state index in [2.05, 4.69) is 4.98 Å². The summed E-state index contributed by atoms with van der Waals surface area (Å²) in [6.45, 7) is 2.00. The lowest BCUT2D eigenvalue weighted by Crippen LogP contribution is -1.86. The first-order valence-corrected chi connectivity index (χ1v) is 4.12. The van der Waals surface area contributed by atoms with Crippen molar-refractivity contribution in [2.24, 2.45) is 0 Å². The minimum atomic E-state index is 0.703. The molecule has 64 valence electrons. The quantitative estimate of drug-likeness (QED) is 0.616. The van der Waals surface area contributed by atoms with Crippen LogP contribution in [-0.2, 0) is 0 Å². The van der Waals surface area contributed by atoms with E-state index >= 15 is 0 Å². The molecule has 1 aromatic heterocycles. The number of fused-ring (bicyclic) bond motifs is 1. The largest absolute Gasteiger partial charge is 0.298 e. The first-order chi connectivity index (χ1) is 6.31. The van der Waals surface area contributed by atoms with Crippen molar-refractivity contribution in [2.75, 3.05) is 0 Å². The summed E-state index contributed by atoms with van der Waals surface area (Å²) >= 11 is 0. The van der Waals surface area contributed by atoms with Crippen molar-refractivity contribution in [3.8, 4) is 0 Å². The number of hydrogen-bond donors (Lipinski definition) is 0. The van der Waals surface area contributed by atoms with Crippen molar-refractivity contribution in [2.45, 2.75) is 6.92 Å². The molecule has 0 aliphatic carbocycles. The van der Waals surface area contributed by atoms with Crippen LogP contribution in [0.1, 0.15) is 15.9 Å². The number of aldehydes is 1. The lowest BCUT2D eigenvalue weighted by atomic mass is 10.1. The Morgan fingerprint density at radius 1 is 1.31 bits per heavy atom. The van der Waals surface area contributed by atoms with Crippen molar-refractivity contribution in [3.63, 3.8) is 0 Å². The number of benzene rings is 1. The Morgan fingerprint density at radius 2 is 2.15 bits per heavy atom. The van der Waals surface area contributed by atoms with Gasteiger partial charge in [-0.15, -0.1) is 0 Å². The highest BCUT2D eigenvalue weighted by Gasteiger charge is 1.99. The van der Waals surface area contributed by atoms with E-state index in [1.54, 1.807) is 12.3 Å². The number of hydrogen-bond acceptors (Lipinski definition) is 2. The number of aromatic nitrogens is 1. The van der Waals surface area contributed by atoms with Crippen LogP contribution in [0.3, 0.4) is 0 Å². The number of nitrogens with zero attached hydrogens (tertiary/aromatic N) is 1. The topological polar surface area (TPSA) is 30.0 Å². The van der Waals surface area contributed by atoms with Crippen LogP contribution < -0.4 is 0 Å². The Bertz CT molecular complexity index is 463. The Hall–Kier alpha value is -1.70. The van der Waals surface area contributed by atoms with Crippen molar-refractivity contribution in [1.29, 1.82) is 0 Å². The van der Waals surface area contributed by atoms with Gasteiger partial charge >= 0.3 is 0 Å².